The smallest absolute Gasteiger partial charge is 0.227 e. The van der Waals surface area contributed by atoms with Gasteiger partial charge in [-0.05, 0) is 87.0 Å². The molecule has 1 fully saturated rings. The summed E-state index contributed by atoms with van der Waals surface area (Å²) < 4.78 is 12.5. The molecule has 1 aliphatic carbocycles. The summed E-state index contributed by atoms with van der Waals surface area (Å²) in [5.41, 5.74) is 6.48. The molecule has 35 heavy (non-hydrogen) atoms. The zero-order valence-corrected chi connectivity index (χ0v) is 20.4. The number of halogens is 1. The third-order valence-electron chi connectivity index (χ3n) is 5.72. The monoisotopic (exact) mass is 470 g/mol. The second-order valence-electron chi connectivity index (χ2n) is 9.24. The van der Waals surface area contributed by atoms with Crippen molar-refractivity contribution < 1.29 is 9.18 Å². The van der Waals surface area contributed by atoms with Gasteiger partial charge in [-0.25, -0.2) is 4.39 Å². The molecular formula is C29H31FN4O. The van der Waals surface area contributed by atoms with Gasteiger partial charge in [-0.2, -0.15) is 5.10 Å². The van der Waals surface area contributed by atoms with Crippen LogP contribution in [0.5, 0.6) is 0 Å². The Balaban J connectivity index is 0.000000189. The fourth-order valence-corrected chi connectivity index (χ4v) is 3.68. The molecule has 1 aromatic heterocycles. The minimum Gasteiger partial charge on any atom is -0.326 e. The van der Waals surface area contributed by atoms with E-state index in [1.807, 2.05) is 0 Å². The van der Waals surface area contributed by atoms with Crippen LogP contribution in [-0.2, 0) is 11.3 Å². The summed E-state index contributed by atoms with van der Waals surface area (Å²) in [4.78, 5) is 13.4. The number of anilines is 1. The maximum atomic E-state index is 12.5. The summed E-state index contributed by atoms with van der Waals surface area (Å²) in [6, 6.07) is 20.8. The van der Waals surface area contributed by atoms with Crippen molar-refractivity contribution in [1.29, 1.82) is 0 Å². The molecule has 2 N–H and O–H groups in total. The number of H-pyrrole nitrogens is 1. The van der Waals surface area contributed by atoms with Crippen LogP contribution in [0.3, 0.4) is 0 Å². The second kappa shape index (κ2) is 11.1. The lowest BCUT2D eigenvalue weighted by Gasteiger charge is -2.09. The van der Waals surface area contributed by atoms with Crippen LogP contribution in [0.15, 0.2) is 66.7 Å². The summed E-state index contributed by atoms with van der Waals surface area (Å²) >= 11 is 0. The van der Waals surface area contributed by atoms with Crippen LogP contribution in [0, 0.1) is 18.7 Å². The van der Waals surface area contributed by atoms with Gasteiger partial charge in [0.05, 0.1) is 11.2 Å². The van der Waals surface area contributed by atoms with Crippen molar-refractivity contribution in [3.63, 3.8) is 0 Å². The van der Waals surface area contributed by atoms with Crippen molar-refractivity contribution in [1.82, 2.24) is 15.1 Å². The van der Waals surface area contributed by atoms with Gasteiger partial charge < -0.3 is 10.2 Å². The van der Waals surface area contributed by atoms with Crippen LogP contribution in [-0.4, -0.2) is 35.1 Å². The third-order valence-corrected chi connectivity index (χ3v) is 5.72. The molecule has 0 unspecified atom stereocenters. The quantitative estimate of drug-likeness (QED) is 0.349. The molecule has 4 aromatic rings. The first kappa shape index (κ1) is 24.4. The number of nitrogens with one attached hydrogen (secondary N) is 2. The molecular weight excluding hydrogens is 439 g/mol. The van der Waals surface area contributed by atoms with Gasteiger partial charge in [0.2, 0.25) is 5.91 Å². The van der Waals surface area contributed by atoms with E-state index in [2.05, 4.69) is 96.0 Å². The number of hydrogen-bond acceptors (Lipinski definition) is 3. The number of benzene rings is 3. The number of fused-ring (bicyclic) bond motifs is 1. The van der Waals surface area contributed by atoms with Crippen LogP contribution >= 0.6 is 0 Å². The van der Waals surface area contributed by atoms with E-state index >= 15 is 0 Å². The second-order valence-corrected chi connectivity index (χ2v) is 9.24. The molecule has 0 atom stereocenters. The molecule has 1 aliphatic rings. The Kier molecular flexibility index (Phi) is 7.73. The van der Waals surface area contributed by atoms with Crippen LogP contribution in [0.1, 0.15) is 35.2 Å². The lowest BCUT2D eigenvalue weighted by Crippen LogP contribution is -2.12. The Morgan fingerprint density at radius 2 is 1.77 bits per heavy atom. The van der Waals surface area contributed by atoms with Crippen LogP contribution in [0.2, 0.25) is 0 Å². The molecule has 1 heterocycles. The van der Waals surface area contributed by atoms with E-state index in [4.69, 9.17) is 0 Å². The maximum Gasteiger partial charge on any atom is 0.227 e. The highest BCUT2D eigenvalue weighted by molar-refractivity contribution is 5.94. The first-order valence-corrected chi connectivity index (χ1v) is 11.8. The average Bonchev–Trinajstić information content (AvgIpc) is 3.61. The SMILES string of the molecule is Cc1ccc2c(/C=C/c3ccc(CN(C)C)cc3)n[nH]c2c1.O=C(Nc1ccc(F)cc1)C1CC1. The first-order valence-electron chi connectivity index (χ1n) is 11.8. The predicted molar refractivity (Wildman–Crippen MR) is 141 cm³/mol. The largest absolute Gasteiger partial charge is 0.326 e. The molecule has 6 heteroatoms. The van der Waals surface area contributed by atoms with E-state index in [-0.39, 0.29) is 17.6 Å². The zero-order chi connectivity index (χ0) is 24.8. The van der Waals surface area contributed by atoms with Crippen molar-refractivity contribution in [2.24, 2.45) is 5.92 Å². The van der Waals surface area contributed by atoms with E-state index in [1.54, 1.807) is 12.1 Å². The van der Waals surface area contributed by atoms with Crippen molar-refractivity contribution in [3.05, 3.63) is 94.9 Å². The van der Waals surface area contributed by atoms with Gasteiger partial charge in [-0.1, -0.05) is 42.5 Å². The lowest BCUT2D eigenvalue weighted by molar-refractivity contribution is -0.117. The minimum atomic E-state index is -0.288. The van der Waals surface area contributed by atoms with Crippen molar-refractivity contribution in [2.75, 3.05) is 19.4 Å². The van der Waals surface area contributed by atoms with Gasteiger partial charge in [0, 0.05) is 23.5 Å². The van der Waals surface area contributed by atoms with Gasteiger partial charge >= 0.3 is 0 Å². The number of nitrogens with zero attached hydrogens (tertiary/aromatic N) is 2. The number of aromatic amines is 1. The van der Waals surface area contributed by atoms with Gasteiger partial charge in [-0.3, -0.25) is 9.89 Å². The maximum absolute atomic E-state index is 12.5. The number of carbonyl (C=O) groups is 1. The molecule has 1 saturated carbocycles. The topological polar surface area (TPSA) is 61.0 Å². The average molecular weight is 471 g/mol. The van der Waals surface area contributed by atoms with Crippen molar-refractivity contribution >= 4 is 34.6 Å². The van der Waals surface area contributed by atoms with Gasteiger partial charge in [-0.15, -0.1) is 0 Å². The number of aromatic nitrogens is 2. The molecule has 0 spiro atoms. The summed E-state index contributed by atoms with van der Waals surface area (Å²) in [7, 11) is 4.16. The standard InChI is InChI=1S/C19H21N3.C10H10FNO/c1-14-4-10-17-18(20-21-19(17)12-14)11-9-15-5-7-16(8-6-15)13-22(2)3;11-8-3-5-9(6-4-8)12-10(13)7-1-2-7/h4-12H,13H2,1-3H3,(H,20,21);3-7H,1-2H2,(H,12,13)/b11-9+;. The normalized spacial score (nSPS) is 13.2. The Bertz CT molecular complexity index is 1300. The molecule has 0 radical (unpaired) electrons. The molecule has 0 saturated heterocycles. The fraction of sp³-hybridized carbons (Fsp3) is 0.241. The highest BCUT2D eigenvalue weighted by Crippen LogP contribution is 2.30. The molecule has 5 rings (SSSR count). The molecule has 5 nitrogen and oxygen atoms in total. The van der Waals surface area contributed by atoms with E-state index in [9.17, 15) is 9.18 Å². The number of hydrogen-bond donors (Lipinski definition) is 2. The Morgan fingerprint density at radius 3 is 2.43 bits per heavy atom. The molecule has 0 bridgehead atoms. The van der Waals surface area contributed by atoms with E-state index in [1.165, 1.54) is 28.8 Å². The Labute approximate surface area is 205 Å². The van der Waals surface area contributed by atoms with Gasteiger partial charge in [0.15, 0.2) is 0 Å². The molecule has 3 aromatic carbocycles. The minimum absolute atomic E-state index is 0.0478. The summed E-state index contributed by atoms with van der Waals surface area (Å²) in [6.07, 6.45) is 6.13. The number of rotatable bonds is 6. The number of aryl methyl sites for hydroxylation is 1. The van der Waals surface area contributed by atoms with E-state index < -0.39 is 0 Å². The van der Waals surface area contributed by atoms with Crippen molar-refractivity contribution in [2.45, 2.75) is 26.3 Å². The summed E-state index contributed by atoms with van der Waals surface area (Å²) in [6.45, 7) is 3.05. The van der Waals surface area contributed by atoms with Gasteiger partial charge in [0.1, 0.15) is 5.82 Å². The Hall–Kier alpha value is -3.77. The highest BCUT2D eigenvalue weighted by Gasteiger charge is 2.29. The van der Waals surface area contributed by atoms with E-state index in [0.717, 1.165) is 36.0 Å². The van der Waals surface area contributed by atoms with Crippen LogP contribution < -0.4 is 5.32 Å². The molecule has 1 amide bonds. The van der Waals surface area contributed by atoms with Gasteiger partial charge in [0.25, 0.3) is 0 Å². The molecule has 180 valence electrons. The summed E-state index contributed by atoms with van der Waals surface area (Å²) in [5.74, 6) is -0.0546. The van der Waals surface area contributed by atoms with Crippen molar-refractivity contribution in [3.8, 4) is 0 Å². The highest BCUT2D eigenvalue weighted by atomic mass is 19.1. The first-order chi connectivity index (χ1) is 16.9. The number of amides is 1. The Morgan fingerprint density at radius 1 is 1.06 bits per heavy atom. The fourth-order valence-electron chi connectivity index (χ4n) is 3.68. The third kappa shape index (κ3) is 7.11. The lowest BCUT2D eigenvalue weighted by atomic mass is 10.1. The van der Waals surface area contributed by atoms with E-state index in [0.29, 0.717) is 5.69 Å². The summed E-state index contributed by atoms with van der Waals surface area (Å²) in [5, 5.41) is 11.4. The van der Waals surface area contributed by atoms with Crippen LogP contribution in [0.4, 0.5) is 10.1 Å². The van der Waals surface area contributed by atoms with Crippen LogP contribution in [0.25, 0.3) is 23.1 Å². The number of carbonyl (C=O) groups excluding carboxylic acids is 1. The zero-order valence-electron chi connectivity index (χ0n) is 20.4. The molecule has 0 aliphatic heterocycles. The predicted octanol–water partition coefficient (Wildman–Crippen LogP) is 6.28.